The van der Waals surface area contributed by atoms with E-state index < -0.39 is 5.60 Å². The van der Waals surface area contributed by atoms with Crippen LogP contribution < -0.4 is 9.47 Å². The molecule has 1 aliphatic heterocycles. The van der Waals surface area contributed by atoms with E-state index in [0.29, 0.717) is 24.5 Å². The quantitative estimate of drug-likeness (QED) is 0.807. The van der Waals surface area contributed by atoms with Gasteiger partial charge in [0.15, 0.2) is 11.5 Å². The van der Waals surface area contributed by atoms with Crippen LogP contribution in [0, 0.1) is 12.8 Å². The van der Waals surface area contributed by atoms with Crippen LogP contribution in [0.5, 0.6) is 11.5 Å². The van der Waals surface area contributed by atoms with Gasteiger partial charge in [-0.05, 0) is 55.5 Å². The normalized spacial score (nSPS) is 26.1. The Labute approximate surface area is 178 Å². The molecule has 2 fully saturated rings. The van der Waals surface area contributed by atoms with Gasteiger partial charge in [-0.3, -0.25) is 4.79 Å². The smallest absolute Gasteiger partial charge is 0.254 e. The fourth-order valence-corrected chi connectivity index (χ4v) is 5.33. The number of likely N-dealkylation sites (tertiary alicyclic amines) is 1. The summed E-state index contributed by atoms with van der Waals surface area (Å²) in [5.41, 5.74) is 1.96. The summed E-state index contributed by atoms with van der Waals surface area (Å²) in [6.45, 7) is 2.51. The molecule has 30 heavy (non-hydrogen) atoms. The molecule has 0 bridgehead atoms. The lowest BCUT2D eigenvalue weighted by Crippen LogP contribution is -2.56. The first-order valence-electron chi connectivity index (χ1n) is 10.8. The second kappa shape index (κ2) is 8.31. The van der Waals surface area contributed by atoms with E-state index in [4.69, 9.17) is 9.47 Å². The predicted octanol–water partition coefficient (Wildman–Crippen LogP) is 4.52. The van der Waals surface area contributed by atoms with Gasteiger partial charge in [0.1, 0.15) is 0 Å². The average molecular weight is 410 g/mol. The Kier molecular flexibility index (Phi) is 5.74. The Morgan fingerprint density at radius 1 is 1.07 bits per heavy atom. The van der Waals surface area contributed by atoms with Gasteiger partial charge < -0.3 is 19.5 Å². The summed E-state index contributed by atoms with van der Waals surface area (Å²) in [4.78, 5) is 15.6. The first-order chi connectivity index (χ1) is 14.5. The zero-order valence-corrected chi connectivity index (χ0v) is 18.1. The van der Waals surface area contributed by atoms with Gasteiger partial charge >= 0.3 is 0 Å². The SMILES string of the molecule is COc1ccc(C2C3CCCCC3(O)CCN2C(=O)c2ccccc2C)cc1OC. The summed E-state index contributed by atoms with van der Waals surface area (Å²) in [5, 5.41) is 11.5. The van der Waals surface area contributed by atoms with Crippen LogP contribution in [0.3, 0.4) is 0 Å². The Balaban J connectivity index is 1.79. The highest BCUT2D eigenvalue weighted by molar-refractivity contribution is 5.96. The molecule has 3 atom stereocenters. The second-order valence-corrected chi connectivity index (χ2v) is 8.58. The number of aliphatic hydroxyl groups is 1. The van der Waals surface area contributed by atoms with E-state index in [1.807, 2.05) is 54.3 Å². The van der Waals surface area contributed by atoms with Crippen molar-refractivity contribution in [2.45, 2.75) is 50.7 Å². The van der Waals surface area contributed by atoms with E-state index in [0.717, 1.165) is 42.4 Å². The van der Waals surface area contributed by atoms with Gasteiger partial charge in [0.2, 0.25) is 0 Å². The first kappa shape index (κ1) is 20.7. The second-order valence-electron chi connectivity index (χ2n) is 8.58. The summed E-state index contributed by atoms with van der Waals surface area (Å²) in [6, 6.07) is 13.4. The monoisotopic (exact) mass is 409 g/mol. The molecule has 1 heterocycles. The Morgan fingerprint density at radius 3 is 2.57 bits per heavy atom. The number of rotatable bonds is 4. The van der Waals surface area contributed by atoms with Crippen molar-refractivity contribution in [3.63, 3.8) is 0 Å². The molecule has 2 aromatic rings. The number of nitrogens with zero attached hydrogens (tertiary/aromatic N) is 1. The Hall–Kier alpha value is -2.53. The number of aryl methyl sites for hydroxylation is 1. The minimum absolute atomic E-state index is 0.00562. The number of methoxy groups -OCH3 is 2. The maximum Gasteiger partial charge on any atom is 0.254 e. The highest BCUT2D eigenvalue weighted by Gasteiger charge is 2.50. The number of benzene rings is 2. The average Bonchev–Trinajstić information content (AvgIpc) is 2.77. The van der Waals surface area contributed by atoms with E-state index >= 15 is 0 Å². The molecule has 3 unspecified atom stereocenters. The number of ether oxygens (including phenoxy) is 2. The van der Waals surface area contributed by atoms with Crippen LogP contribution in [0.15, 0.2) is 42.5 Å². The van der Waals surface area contributed by atoms with Crippen molar-refractivity contribution in [2.24, 2.45) is 5.92 Å². The van der Waals surface area contributed by atoms with Crippen molar-refractivity contribution in [2.75, 3.05) is 20.8 Å². The zero-order valence-electron chi connectivity index (χ0n) is 18.1. The lowest BCUT2D eigenvalue weighted by molar-refractivity contribution is -0.115. The van der Waals surface area contributed by atoms with Gasteiger partial charge in [-0.1, -0.05) is 37.1 Å². The molecule has 1 saturated carbocycles. The molecule has 160 valence electrons. The molecule has 0 radical (unpaired) electrons. The van der Waals surface area contributed by atoms with Crippen molar-refractivity contribution in [1.82, 2.24) is 4.90 Å². The molecular weight excluding hydrogens is 378 g/mol. The predicted molar refractivity (Wildman–Crippen MR) is 116 cm³/mol. The fraction of sp³-hybridized carbons (Fsp3) is 0.480. The van der Waals surface area contributed by atoms with E-state index in [1.54, 1.807) is 14.2 Å². The molecule has 5 heteroatoms. The minimum atomic E-state index is -0.724. The van der Waals surface area contributed by atoms with Gasteiger partial charge in [0.05, 0.1) is 25.9 Å². The Morgan fingerprint density at radius 2 is 1.83 bits per heavy atom. The molecule has 1 N–H and O–H groups in total. The molecule has 1 amide bonds. The maximum atomic E-state index is 13.6. The van der Waals surface area contributed by atoms with E-state index in [1.165, 1.54) is 0 Å². The third-order valence-electron chi connectivity index (χ3n) is 6.95. The number of hydrogen-bond donors (Lipinski definition) is 1. The maximum absolute atomic E-state index is 13.6. The summed E-state index contributed by atoms with van der Waals surface area (Å²) >= 11 is 0. The highest BCUT2D eigenvalue weighted by atomic mass is 16.5. The number of fused-ring (bicyclic) bond motifs is 1. The molecule has 0 aromatic heterocycles. The van der Waals surface area contributed by atoms with Crippen LogP contribution >= 0.6 is 0 Å². The summed E-state index contributed by atoms with van der Waals surface area (Å²) in [6.07, 6.45) is 4.44. The molecule has 1 aliphatic carbocycles. The third kappa shape index (κ3) is 3.56. The van der Waals surface area contributed by atoms with Gasteiger partial charge in [0, 0.05) is 18.0 Å². The van der Waals surface area contributed by atoms with E-state index in [9.17, 15) is 9.90 Å². The Bertz CT molecular complexity index is 927. The standard InChI is InChI=1S/C25H31NO4/c1-17-8-4-5-9-19(17)24(27)26-15-14-25(28)13-7-6-10-20(25)23(26)18-11-12-21(29-2)22(16-18)30-3/h4-5,8-9,11-12,16,20,23,28H,6-7,10,13-15H2,1-3H3. The fourth-order valence-electron chi connectivity index (χ4n) is 5.33. The van der Waals surface area contributed by atoms with E-state index in [2.05, 4.69) is 0 Å². The summed E-state index contributed by atoms with van der Waals surface area (Å²) < 4.78 is 10.9. The molecule has 1 saturated heterocycles. The minimum Gasteiger partial charge on any atom is -0.493 e. The van der Waals surface area contributed by atoms with Crippen LogP contribution in [0.2, 0.25) is 0 Å². The number of piperidine rings is 1. The molecule has 0 spiro atoms. The van der Waals surface area contributed by atoms with Crippen molar-refractivity contribution in [3.05, 3.63) is 59.2 Å². The van der Waals surface area contributed by atoms with Gasteiger partial charge in [-0.2, -0.15) is 0 Å². The van der Waals surface area contributed by atoms with Gasteiger partial charge in [-0.15, -0.1) is 0 Å². The highest BCUT2D eigenvalue weighted by Crippen LogP contribution is 2.50. The lowest BCUT2D eigenvalue weighted by Gasteiger charge is -2.52. The van der Waals surface area contributed by atoms with Gasteiger partial charge in [0.25, 0.3) is 5.91 Å². The molecule has 2 aliphatic rings. The van der Waals surface area contributed by atoms with E-state index in [-0.39, 0.29) is 17.9 Å². The van der Waals surface area contributed by atoms with Crippen molar-refractivity contribution in [1.29, 1.82) is 0 Å². The number of carbonyl (C=O) groups excluding carboxylic acids is 1. The van der Waals surface area contributed by atoms with Gasteiger partial charge in [-0.25, -0.2) is 0 Å². The molecule has 4 rings (SSSR count). The van der Waals surface area contributed by atoms with Crippen LogP contribution in [0.4, 0.5) is 0 Å². The van der Waals surface area contributed by atoms with Crippen molar-refractivity contribution < 1.29 is 19.4 Å². The third-order valence-corrected chi connectivity index (χ3v) is 6.95. The van der Waals surface area contributed by atoms with Crippen LogP contribution in [0.25, 0.3) is 0 Å². The number of amides is 1. The summed E-state index contributed by atoms with van der Waals surface area (Å²) in [5.74, 6) is 1.34. The molecule has 2 aromatic carbocycles. The topological polar surface area (TPSA) is 59.0 Å². The lowest BCUT2D eigenvalue weighted by atomic mass is 9.66. The zero-order chi connectivity index (χ0) is 21.3. The van der Waals surface area contributed by atoms with Crippen LogP contribution in [-0.4, -0.2) is 42.3 Å². The molecule has 5 nitrogen and oxygen atoms in total. The van der Waals surface area contributed by atoms with Crippen LogP contribution in [-0.2, 0) is 0 Å². The number of carbonyl (C=O) groups is 1. The van der Waals surface area contributed by atoms with Crippen LogP contribution in [0.1, 0.15) is 59.6 Å². The molecular formula is C25H31NO4. The van der Waals surface area contributed by atoms with Crippen molar-refractivity contribution >= 4 is 5.91 Å². The summed E-state index contributed by atoms with van der Waals surface area (Å²) in [7, 11) is 3.24. The number of hydrogen-bond acceptors (Lipinski definition) is 4. The first-order valence-corrected chi connectivity index (χ1v) is 10.8. The largest absolute Gasteiger partial charge is 0.493 e. The van der Waals surface area contributed by atoms with Crippen molar-refractivity contribution in [3.8, 4) is 11.5 Å².